The van der Waals surface area contributed by atoms with Gasteiger partial charge in [0.15, 0.2) is 11.5 Å². The molecule has 0 spiro atoms. The van der Waals surface area contributed by atoms with Crippen LogP contribution >= 0.6 is 0 Å². The van der Waals surface area contributed by atoms with Crippen molar-refractivity contribution in [3.8, 4) is 6.07 Å². The normalized spacial score (nSPS) is 21.6. The number of nitriles is 1. The zero-order valence-corrected chi connectivity index (χ0v) is 12.8. The highest BCUT2D eigenvalue weighted by molar-refractivity contribution is 5.76. The fourth-order valence-electron chi connectivity index (χ4n) is 3.22. The van der Waals surface area contributed by atoms with Crippen molar-refractivity contribution < 1.29 is 14.1 Å². The molecule has 4 rings (SSSR count). The van der Waals surface area contributed by atoms with Gasteiger partial charge in [-0.3, -0.25) is 10.1 Å². The molecule has 0 unspecified atom stereocenters. The Hall–Kier alpha value is -3.53. The molecule has 0 aliphatic heterocycles. The van der Waals surface area contributed by atoms with E-state index in [-0.39, 0.29) is 23.4 Å². The zero-order valence-electron chi connectivity index (χ0n) is 12.8. The van der Waals surface area contributed by atoms with Crippen LogP contribution in [0.2, 0.25) is 0 Å². The average molecular weight is 333 g/mol. The molecule has 1 aromatic heterocycles. The third-order valence-corrected chi connectivity index (χ3v) is 4.54. The van der Waals surface area contributed by atoms with Gasteiger partial charge in [0.25, 0.3) is 5.69 Å². The van der Waals surface area contributed by atoms with E-state index in [1.807, 2.05) is 12.1 Å². The summed E-state index contributed by atoms with van der Waals surface area (Å²) in [5.41, 5.74) is 2.28. The SMILES string of the molecule is N#Cc1ccc([C@@H]2[C@@H](C=O)[C@@H]2c2nc3ccc([N+](=O)[O-])cc3o2)cc1. The van der Waals surface area contributed by atoms with Gasteiger partial charge in [0.2, 0.25) is 0 Å². The first-order valence-corrected chi connectivity index (χ1v) is 7.62. The van der Waals surface area contributed by atoms with Gasteiger partial charge < -0.3 is 9.21 Å². The first-order chi connectivity index (χ1) is 12.1. The molecule has 0 bridgehead atoms. The quantitative estimate of drug-likeness (QED) is 0.411. The van der Waals surface area contributed by atoms with Crippen molar-refractivity contribution in [1.29, 1.82) is 5.26 Å². The largest absolute Gasteiger partial charge is 0.440 e. The summed E-state index contributed by atoms with van der Waals surface area (Å²) >= 11 is 0. The van der Waals surface area contributed by atoms with Crippen molar-refractivity contribution in [2.24, 2.45) is 5.92 Å². The number of non-ortho nitro benzene ring substituents is 1. The number of nitro benzene ring substituents is 1. The van der Waals surface area contributed by atoms with Gasteiger partial charge in [0.1, 0.15) is 11.8 Å². The van der Waals surface area contributed by atoms with Crippen molar-refractivity contribution in [3.05, 3.63) is 69.6 Å². The van der Waals surface area contributed by atoms with Gasteiger partial charge in [-0.2, -0.15) is 5.26 Å². The highest BCUT2D eigenvalue weighted by atomic mass is 16.6. The van der Waals surface area contributed by atoms with Gasteiger partial charge in [-0.1, -0.05) is 12.1 Å². The van der Waals surface area contributed by atoms with Crippen LogP contribution in [0.25, 0.3) is 11.1 Å². The first kappa shape index (κ1) is 15.0. The summed E-state index contributed by atoms with van der Waals surface area (Å²) in [7, 11) is 0. The number of aldehydes is 1. The maximum absolute atomic E-state index is 11.4. The predicted molar refractivity (Wildman–Crippen MR) is 86.9 cm³/mol. The molecule has 1 saturated carbocycles. The third-order valence-electron chi connectivity index (χ3n) is 4.54. The van der Waals surface area contributed by atoms with Crippen LogP contribution in [0.3, 0.4) is 0 Å². The third kappa shape index (κ3) is 2.44. The number of fused-ring (bicyclic) bond motifs is 1. The Balaban J connectivity index is 1.68. The molecule has 2 aromatic carbocycles. The van der Waals surface area contributed by atoms with E-state index in [1.54, 1.807) is 12.1 Å². The lowest BCUT2D eigenvalue weighted by Crippen LogP contribution is -1.86. The summed E-state index contributed by atoms with van der Waals surface area (Å²) in [4.78, 5) is 26.2. The van der Waals surface area contributed by atoms with Crippen LogP contribution in [0.4, 0.5) is 5.69 Å². The number of rotatable bonds is 4. The Morgan fingerprint density at radius 3 is 2.60 bits per heavy atom. The Bertz CT molecular complexity index is 1030. The fourth-order valence-corrected chi connectivity index (χ4v) is 3.22. The summed E-state index contributed by atoms with van der Waals surface area (Å²) < 4.78 is 5.68. The van der Waals surface area contributed by atoms with Crippen molar-refractivity contribution in [2.75, 3.05) is 0 Å². The number of hydrogen-bond donors (Lipinski definition) is 0. The Kier molecular flexibility index (Phi) is 3.32. The van der Waals surface area contributed by atoms with Gasteiger partial charge in [-0.15, -0.1) is 0 Å². The van der Waals surface area contributed by atoms with Gasteiger partial charge in [-0.25, -0.2) is 4.98 Å². The summed E-state index contributed by atoms with van der Waals surface area (Å²) in [5.74, 6) is -0.108. The van der Waals surface area contributed by atoms with Gasteiger partial charge in [0, 0.05) is 17.9 Å². The molecule has 1 heterocycles. The number of benzene rings is 2. The lowest BCUT2D eigenvalue weighted by Gasteiger charge is -1.98. The number of hydrogen-bond acceptors (Lipinski definition) is 6. The van der Waals surface area contributed by atoms with E-state index < -0.39 is 4.92 Å². The number of nitrogens with zero attached hydrogens (tertiary/aromatic N) is 3. The standard InChI is InChI=1S/C18H11N3O4/c19-8-10-1-3-11(4-2-10)16-13(9-22)17(16)18-20-14-6-5-12(21(23)24)7-15(14)25-18/h1-7,9,13,16-17H/t13-,16-,17+/m1/s1. The number of nitro groups is 1. The molecule has 7 heteroatoms. The van der Waals surface area contributed by atoms with Crippen molar-refractivity contribution >= 4 is 23.1 Å². The molecule has 1 aliphatic carbocycles. The van der Waals surface area contributed by atoms with Crippen LogP contribution in [0, 0.1) is 27.4 Å². The maximum Gasteiger partial charge on any atom is 0.273 e. The first-order valence-electron chi connectivity index (χ1n) is 7.62. The molecule has 0 N–H and O–H groups in total. The van der Waals surface area contributed by atoms with Crippen molar-refractivity contribution in [3.63, 3.8) is 0 Å². The number of aromatic nitrogens is 1. The molecule has 7 nitrogen and oxygen atoms in total. The number of carbonyl (C=O) groups excluding carboxylic acids is 1. The van der Waals surface area contributed by atoms with Crippen LogP contribution in [0.5, 0.6) is 0 Å². The molecule has 0 amide bonds. The van der Waals surface area contributed by atoms with E-state index in [2.05, 4.69) is 11.1 Å². The lowest BCUT2D eigenvalue weighted by atomic mass is 10.1. The molecule has 3 aromatic rings. The smallest absolute Gasteiger partial charge is 0.273 e. The second kappa shape index (κ2) is 5.53. The number of oxazole rings is 1. The highest BCUT2D eigenvalue weighted by Gasteiger charge is 2.54. The van der Waals surface area contributed by atoms with E-state index in [9.17, 15) is 14.9 Å². The highest BCUT2D eigenvalue weighted by Crippen LogP contribution is 2.59. The molecule has 25 heavy (non-hydrogen) atoms. The summed E-state index contributed by atoms with van der Waals surface area (Å²) in [6.07, 6.45) is 0.880. The second-order valence-electron chi connectivity index (χ2n) is 5.96. The number of carbonyl (C=O) groups is 1. The molecule has 1 aliphatic rings. The van der Waals surface area contributed by atoms with E-state index >= 15 is 0 Å². The summed E-state index contributed by atoms with van der Waals surface area (Å²) in [6, 6.07) is 13.4. The van der Waals surface area contributed by atoms with Gasteiger partial charge in [-0.05, 0) is 23.8 Å². The summed E-state index contributed by atoms with van der Waals surface area (Å²) in [5, 5.41) is 19.7. The van der Waals surface area contributed by atoms with Crippen LogP contribution < -0.4 is 0 Å². The van der Waals surface area contributed by atoms with Crippen LogP contribution in [0.15, 0.2) is 46.9 Å². The van der Waals surface area contributed by atoms with Crippen LogP contribution in [0.1, 0.15) is 28.9 Å². The molecule has 122 valence electrons. The molecule has 0 radical (unpaired) electrons. The van der Waals surface area contributed by atoms with Gasteiger partial charge in [0.05, 0.1) is 28.5 Å². The molecular formula is C18H11N3O4. The molecule has 3 atom stereocenters. The van der Waals surface area contributed by atoms with Crippen LogP contribution in [-0.4, -0.2) is 16.2 Å². The zero-order chi connectivity index (χ0) is 17.6. The topological polar surface area (TPSA) is 110 Å². The van der Waals surface area contributed by atoms with E-state index in [0.717, 1.165) is 11.8 Å². The fraction of sp³-hybridized carbons (Fsp3) is 0.167. The molecule has 1 fully saturated rings. The molecular weight excluding hydrogens is 322 g/mol. The van der Waals surface area contributed by atoms with Crippen LogP contribution in [-0.2, 0) is 4.79 Å². The average Bonchev–Trinajstić information content (AvgIpc) is 3.22. The predicted octanol–water partition coefficient (Wildman–Crippen LogP) is 3.30. The van der Waals surface area contributed by atoms with E-state index in [0.29, 0.717) is 22.6 Å². The Morgan fingerprint density at radius 2 is 1.96 bits per heavy atom. The minimum Gasteiger partial charge on any atom is -0.440 e. The summed E-state index contributed by atoms with van der Waals surface area (Å²) in [6.45, 7) is 0. The Labute approximate surface area is 141 Å². The minimum atomic E-state index is -0.494. The lowest BCUT2D eigenvalue weighted by molar-refractivity contribution is -0.384. The van der Waals surface area contributed by atoms with E-state index in [1.165, 1.54) is 18.2 Å². The minimum absolute atomic E-state index is 0.0618. The monoisotopic (exact) mass is 333 g/mol. The van der Waals surface area contributed by atoms with E-state index in [4.69, 9.17) is 9.68 Å². The maximum atomic E-state index is 11.4. The molecule has 0 saturated heterocycles. The van der Waals surface area contributed by atoms with Crippen molar-refractivity contribution in [1.82, 2.24) is 4.98 Å². The van der Waals surface area contributed by atoms with Gasteiger partial charge >= 0.3 is 0 Å². The second-order valence-corrected chi connectivity index (χ2v) is 5.96. The van der Waals surface area contributed by atoms with Crippen molar-refractivity contribution in [2.45, 2.75) is 11.8 Å². The Morgan fingerprint density at radius 1 is 1.20 bits per heavy atom.